The first-order valence-electron chi connectivity index (χ1n) is 5.39. The third kappa shape index (κ3) is 2.96. The lowest BCUT2D eigenvalue weighted by molar-refractivity contribution is 0.363. The van der Waals surface area contributed by atoms with E-state index < -0.39 is 0 Å². The molecule has 0 saturated carbocycles. The SMILES string of the molecule is CSC(=Nc1ccccn1)N1CCNCC1. The van der Waals surface area contributed by atoms with Crippen LogP contribution in [0.4, 0.5) is 5.82 Å². The molecule has 86 valence electrons. The van der Waals surface area contributed by atoms with Crippen molar-refractivity contribution in [2.45, 2.75) is 0 Å². The largest absolute Gasteiger partial charge is 0.349 e. The molecule has 0 bridgehead atoms. The molecule has 1 aromatic rings. The molecule has 0 aliphatic carbocycles. The van der Waals surface area contributed by atoms with Crippen molar-refractivity contribution in [3.8, 4) is 0 Å². The minimum atomic E-state index is 0.783. The quantitative estimate of drug-likeness (QED) is 0.590. The molecule has 1 N–H and O–H groups in total. The Balaban J connectivity index is 2.12. The third-order valence-electron chi connectivity index (χ3n) is 2.43. The van der Waals surface area contributed by atoms with Crippen molar-refractivity contribution in [3.05, 3.63) is 24.4 Å². The number of nitrogens with one attached hydrogen (secondary N) is 1. The van der Waals surface area contributed by atoms with E-state index in [9.17, 15) is 0 Å². The molecular weight excluding hydrogens is 220 g/mol. The fourth-order valence-electron chi connectivity index (χ4n) is 1.62. The van der Waals surface area contributed by atoms with Crippen LogP contribution in [0.5, 0.6) is 0 Å². The van der Waals surface area contributed by atoms with Crippen LogP contribution in [0.2, 0.25) is 0 Å². The minimum absolute atomic E-state index is 0.783. The average Bonchev–Trinajstić information content (AvgIpc) is 2.38. The molecular formula is C11H16N4S. The van der Waals surface area contributed by atoms with Crippen LogP contribution >= 0.6 is 11.8 Å². The minimum Gasteiger partial charge on any atom is -0.349 e. The number of rotatable bonds is 1. The molecule has 2 rings (SSSR count). The molecule has 0 atom stereocenters. The van der Waals surface area contributed by atoms with Gasteiger partial charge < -0.3 is 10.2 Å². The highest BCUT2D eigenvalue weighted by atomic mass is 32.2. The Bertz CT molecular complexity index is 346. The topological polar surface area (TPSA) is 40.5 Å². The van der Waals surface area contributed by atoms with E-state index in [2.05, 4.69) is 26.4 Å². The molecule has 0 radical (unpaired) electrons. The van der Waals surface area contributed by atoms with Gasteiger partial charge in [0.15, 0.2) is 11.0 Å². The summed E-state index contributed by atoms with van der Waals surface area (Å²) in [4.78, 5) is 11.1. The number of aliphatic imine (C=N–C) groups is 1. The van der Waals surface area contributed by atoms with Crippen molar-refractivity contribution in [2.24, 2.45) is 4.99 Å². The van der Waals surface area contributed by atoms with Crippen molar-refractivity contribution >= 4 is 22.7 Å². The van der Waals surface area contributed by atoms with E-state index in [1.807, 2.05) is 18.2 Å². The Kier molecular flexibility index (Phi) is 4.18. The van der Waals surface area contributed by atoms with Gasteiger partial charge in [-0.1, -0.05) is 17.8 Å². The summed E-state index contributed by atoms with van der Waals surface area (Å²) >= 11 is 1.68. The number of amidine groups is 1. The molecule has 0 spiro atoms. The number of piperazine rings is 1. The van der Waals surface area contributed by atoms with Gasteiger partial charge in [-0.05, 0) is 18.4 Å². The maximum absolute atomic E-state index is 4.57. The van der Waals surface area contributed by atoms with Gasteiger partial charge in [-0.15, -0.1) is 0 Å². The molecule has 0 aromatic carbocycles. The van der Waals surface area contributed by atoms with Gasteiger partial charge in [-0.2, -0.15) is 0 Å². The van der Waals surface area contributed by atoms with Gasteiger partial charge in [0.25, 0.3) is 0 Å². The van der Waals surface area contributed by atoms with Gasteiger partial charge in [-0.25, -0.2) is 9.98 Å². The highest BCUT2D eigenvalue weighted by Crippen LogP contribution is 2.13. The summed E-state index contributed by atoms with van der Waals surface area (Å²) in [7, 11) is 0. The molecule has 16 heavy (non-hydrogen) atoms. The predicted octanol–water partition coefficient (Wildman–Crippen LogP) is 1.34. The lowest BCUT2D eigenvalue weighted by atomic mass is 10.4. The van der Waals surface area contributed by atoms with Gasteiger partial charge >= 0.3 is 0 Å². The van der Waals surface area contributed by atoms with Crippen molar-refractivity contribution in [1.29, 1.82) is 0 Å². The first kappa shape index (κ1) is 11.4. The second kappa shape index (κ2) is 5.86. The summed E-state index contributed by atoms with van der Waals surface area (Å²) in [6.45, 7) is 4.10. The average molecular weight is 236 g/mol. The van der Waals surface area contributed by atoms with Gasteiger partial charge in [0.1, 0.15) is 0 Å². The van der Waals surface area contributed by atoms with E-state index in [-0.39, 0.29) is 0 Å². The van der Waals surface area contributed by atoms with Crippen LogP contribution in [0.25, 0.3) is 0 Å². The lowest BCUT2D eigenvalue weighted by Gasteiger charge is -2.29. The van der Waals surface area contributed by atoms with Crippen LogP contribution in [0.1, 0.15) is 0 Å². The van der Waals surface area contributed by atoms with Crippen LogP contribution in [0.3, 0.4) is 0 Å². The maximum atomic E-state index is 4.57. The van der Waals surface area contributed by atoms with Crippen molar-refractivity contribution in [1.82, 2.24) is 15.2 Å². The molecule has 0 unspecified atom stereocenters. The lowest BCUT2D eigenvalue weighted by Crippen LogP contribution is -2.45. The van der Waals surface area contributed by atoms with E-state index in [0.717, 1.165) is 37.2 Å². The van der Waals surface area contributed by atoms with E-state index in [1.54, 1.807) is 18.0 Å². The zero-order valence-electron chi connectivity index (χ0n) is 9.39. The smallest absolute Gasteiger partial charge is 0.165 e. The van der Waals surface area contributed by atoms with Crippen LogP contribution in [-0.2, 0) is 0 Å². The highest BCUT2D eigenvalue weighted by molar-refractivity contribution is 8.13. The Morgan fingerprint density at radius 3 is 2.88 bits per heavy atom. The number of hydrogen-bond acceptors (Lipinski definition) is 4. The first-order chi connectivity index (χ1) is 7.90. The zero-order valence-corrected chi connectivity index (χ0v) is 10.2. The normalized spacial score (nSPS) is 17.6. The summed E-state index contributed by atoms with van der Waals surface area (Å²) < 4.78 is 0. The van der Waals surface area contributed by atoms with E-state index in [0.29, 0.717) is 0 Å². The summed E-state index contributed by atoms with van der Waals surface area (Å²) in [5, 5.41) is 4.39. The molecule has 1 saturated heterocycles. The summed E-state index contributed by atoms with van der Waals surface area (Å²) in [6, 6.07) is 5.79. The molecule has 4 nitrogen and oxygen atoms in total. The van der Waals surface area contributed by atoms with Crippen LogP contribution in [0.15, 0.2) is 29.4 Å². The van der Waals surface area contributed by atoms with Gasteiger partial charge in [0.05, 0.1) is 0 Å². The maximum Gasteiger partial charge on any atom is 0.165 e. The number of pyridine rings is 1. The van der Waals surface area contributed by atoms with Crippen LogP contribution < -0.4 is 5.32 Å². The molecule has 1 aliphatic rings. The van der Waals surface area contributed by atoms with Crippen molar-refractivity contribution < 1.29 is 0 Å². The second-order valence-corrected chi connectivity index (χ2v) is 4.30. The fourth-order valence-corrected chi connectivity index (χ4v) is 2.25. The molecule has 1 aliphatic heterocycles. The molecule has 1 fully saturated rings. The van der Waals surface area contributed by atoms with E-state index >= 15 is 0 Å². The van der Waals surface area contributed by atoms with Gasteiger partial charge in [-0.3, -0.25) is 0 Å². The van der Waals surface area contributed by atoms with Gasteiger partial charge in [0, 0.05) is 32.4 Å². The second-order valence-electron chi connectivity index (χ2n) is 3.52. The fraction of sp³-hybridized carbons (Fsp3) is 0.455. The Morgan fingerprint density at radius 1 is 1.44 bits per heavy atom. The zero-order chi connectivity index (χ0) is 11.2. The molecule has 5 heteroatoms. The predicted molar refractivity (Wildman–Crippen MR) is 69.3 cm³/mol. The first-order valence-corrected chi connectivity index (χ1v) is 6.62. The summed E-state index contributed by atoms with van der Waals surface area (Å²) in [5.74, 6) is 0.783. The number of thioether (sulfide) groups is 1. The number of nitrogens with zero attached hydrogens (tertiary/aromatic N) is 3. The Hall–Kier alpha value is -1.07. The van der Waals surface area contributed by atoms with Gasteiger partial charge in [0.2, 0.25) is 0 Å². The Morgan fingerprint density at radius 2 is 2.25 bits per heavy atom. The number of aromatic nitrogens is 1. The number of hydrogen-bond donors (Lipinski definition) is 1. The van der Waals surface area contributed by atoms with Crippen molar-refractivity contribution in [2.75, 3.05) is 32.4 Å². The summed E-state index contributed by atoms with van der Waals surface area (Å²) in [6.07, 6.45) is 3.83. The summed E-state index contributed by atoms with van der Waals surface area (Å²) in [5.41, 5.74) is 0. The highest BCUT2D eigenvalue weighted by Gasteiger charge is 2.13. The third-order valence-corrected chi connectivity index (χ3v) is 3.14. The molecule has 0 amide bonds. The molecule has 1 aromatic heterocycles. The van der Waals surface area contributed by atoms with Crippen molar-refractivity contribution in [3.63, 3.8) is 0 Å². The monoisotopic (exact) mass is 236 g/mol. The Labute approximate surface area is 100 Å². The van der Waals surface area contributed by atoms with Crippen LogP contribution in [0, 0.1) is 0 Å². The molecule has 2 heterocycles. The standard InChI is InChI=1S/C11H16N4S/c1-16-11(15-8-6-12-7-9-15)14-10-4-2-3-5-13-10/h2-5,12H,6-9H2,1H3. The van der Waals surface area contributed by atoms with E-state index in [4.69, 9.17) is 0 Å². The van der Waals surface area contributed by atoms with Crippen LogP contribution in [-0.4, -0.2) is 47.5 Å². The van der Waals surface area contributed by atoms with E-state index in [1.165, 1.54) is 0 Å².